The van der Waals surface area contributed by atoms with Gasteiger partial charge in [-0.2, -0.15) is 10.2 Å². The minimum absolute atomic E-state index is 0.556. The van der Waals surface area contributed by atoms with Crippen LogP contribution in [0.4, 0.5) is 0 Å². The van der Waals surface area contributed by atoms with Gasteiger partial charge in [0.05, 0.1) is 39.4 Å². The van der Waals surface area contributed by atoms with E-state index in [4.69, 9.17) is 11.6 Å². The number of hydrogen-bond acceptors (Lipinski definition) is 5. The normalized spacial score (nSPS) is 11.4. The number of rotatable bonds is 2. The molecule has 126 valence electrons. The van der Waals surface area contributed by atoms with Crippen molar-refractivity contribution < 1.29 is 0 Å². The van der Waals surface area contributed by atoms with Crippen molar-refractivity contribution in [3.05, 3.63) is 40.6 Å². The van der Waals surface area contributed by atoms with E-state index in [9.17, 15) is 0 Å². The summed E-state index contributed by atoms with van der Waals surface area (Å²) >= 11 is 6.36. The molecular weight excluding hydrogens is 338 g/mol. The standard InChI is InChI=1S/C17H16ClN7/c1-8-6-20-13(7-19-8)11-5-12(16-15(18)9(2)22-23-16)21-17-14(11)10(3)25(4)24-17/h5-7H,1-4H3,(H,22,23). The summed E-state index contributed by atoms with van der Waals surface area (Å²) < 4.78 is 1.81. The van der Waals surface area contributed by atoms with Crippen LogP contribution < -0.4 is 0 Å². The van der Waals surface area contributed by atoms with Crippen LogP contribution in [0.15, 0.2) is 18.5 Å². The number of halogens is 1. The Labute approximate surface area is 149 Å². The number of aromatic nitrogens is 7. The van der Waals surface area contributed by atoms with Gasteiger partial charge in [0.15, 0.2) is 5.65 Å². The van der Waals surface area contributed by atoms with Crippen molar-refractivity contribution in [3.8, 4) is 22.6 Å². The number of aromatic amines is 1. The molecule has 0 atom stereocenters. The fourth-order valence-corrected chi connectivity index (χ4v) is 2.96. The van der Waals surface area contributed by atoms with Crippen LogP contribution in [-0.4, -0.2) is 34.9 Å². The Hall–Kier alpha value is -2.80. The van der Waals surface area contributed by atoms with Crippen LogP contribution in [0, 0.1) is 20.8 Å². The van der Waals surface area contributed by atoms with E-state index >= 15 is 0 Å². The molecule has 0 fully saturated rings. The second-order valence-corrected chi connectivity index (χ2v) is 6.39. The maximum atomic E-state index is 6.36. The summed E-state index contributed by atoms with van der Waals surface area (Å²) in [5.74, 6) is 0. The van der Waals surface area contributed by atoms with Crippen LogP contribution in [0.2, 0.25) is 5.02 Å². The van der Waals surface area contributed by atoms with Crippen LogP contribution in [0.3, 0.4) is 0 Å². The molecule has 0 unspecified atom stereocenters. The Morgan fingerprint density at radius 1 is 1.08 bits per heavy atom. The summed E-state index contributed by atoms with van der Waals surface area (Å²) in [7, 11) is 1.90. The Balaban J connectivity index is 2.05. The fraction of sp³-hybridized carbons (Fsp3) is 0.235. The highest BCUT2D eigenvalue weighted by Crippen LogP contribution is 2.34. The van der Waals surface area contributed by atoms with Crippen LogP contribution in [-0.2, 0) is 7.05 Å². The molecule has 0 saturated heterocycles. The maximum absolute atomic E-state index is 6.36. The number of fused-ring (bicyclic) bond motifs is 1. The van der Waals surface area contributed by atoms with Crippen molar-refractivity contribution in [2.75, 3.05) is 0 Å². The number of nitrogens with zero attached hydrogens (tertiary/aromatic N) is 6. The zero-order valence-electron chi connectivity index (χ0n) is 14.3. The van der Waals surface area contributed by atoms with E-state index in [1.54, 1.807) is 12.4 Å². The number of nitrogens with one attached hydrogen (secondary N) is 1. The Bertz CT molecular complexity index is 1090. The summed E-state index contributed by atoms with van der Waals surface area (Å²) in [6.45, 7) is 5.79. The Morgan fingerprint density at radius 2 is 1.88 bits per heavy atom. The van der Waals surface area contributed by atoms with E-state index in [1.807, 2.05) is 38.6 Å². The summed E-state index contributed by atoms with van der Waals surface area (Å²) in [6.07, 6.45) is 3.51. The van der Waals surface area contributed by atoms with E-state index in [0.717, 1.165) is 33.7 Å². The van der Waals surface area contributed by atoms with Gasteiger partial charge in [-0.3, -0.25) is 19.7 Å². The van der Waals surface area contributed by atoms with Crippen LogP contribution in [0.25, 0.3) is 33.7 Å². The number of aryl methyl sites for hydroxylation is 4. The van der Waals surface area contributed by atoms with Crippen molar-refractivity contribution in [1.29, 1.82) is 0 Å². The van der Waals surface area contributed by atoms with Crippen LogP contribution >= 0.6 is 11.6 Å². The summed E-state index contributed by atoms with van der Waals surface area (Å²) in [6, 6.07) is 1.94. The third-order valence-corrected chi connectivity index (χ3v) is 4.73. The molecule has 0 spiro atoms. The molecule has 4 rings (SSSR count). The van der Waals surface area contributed by atoms with E-state index in [0.29, 0.717) is 22.1 Å². The van der Waals surface area contributed by atoms with E-state index in [1.165, 1.54) is 0 Å². The van der Waals surface area contributed by atoms with E-state index in [-0.39, 0.29) is 0 Å². The van der Waals surface area contributed by atoms with Crippen molar-refractivity contribution in [3.63, 3.8) is 0 Å². The lowest BCUT2D eigenvalue weighted by atomic mass is 10.1. The molecule has 4 aromatic rings. The minimum Gasteiger partial charge on any atom is -0.281 e. The summed E-state index contributed by atoms with van der Waals surface area (Å²) in [4.78, 5) is 13.5. The second-order valence-electron chi connectivity index (χ2n) is 6.02. The zero-order valence-corrected chi connectivity index (χ0v) is 15.0. The largest absolute Gasteiger partial charge is 0.281 e. The lowest BCUT2D eigenvalue weighted by Gasteiger charge is -2.06. The first-order chi connectivity index (χ1) is 12.0. The first-order valence-corrected chi connectivity index (χ1v) is 8.17. The molecule has 1 N–H and O–H groups in total. The van der Waals surface area contributed by atoms with Gasteiger partial charge in [-0.05, 0) is 26.8 Å². The van der Waals surface area contributed by atoms with Crippen molar-refractivity contribution >= 4 is 22.6 Å². The molecule has 0 bridgehead atoms. The molecule has 4 aromatic heterocycles. The average molecular weight is 354 g/mol. The highest BCUT2D eigenvalue weighted by atomic mass is 35.5. The average Bonchev–Trinajstić information content (AvgIpc) is 3.07. The van der Waals surface area contributed by atoms with E-state index < -0.39 is 0 Å². The van der Waals surface area contributed by atoms with Gasteiger partial charge in [-0.1, -0.05) is 11.6 Å². The Morgan fingerprint density at radius 3 is 2.52 bits per heavy atom. The molecule has 0 aromatic carbocycles. The van der Waals surface area contributed by atoms with Gasteiger partial charge in [0.2, 0.25) is 0 Å². The first-order valence-electron chi connectivity index (χ1n) is 7.80. The molecular formula is C17H16ClN7. The van der Waals surface area contributed by atoms with Gasteiger partial charge < -0.3 is 0 Å². The summed E-state index contributed by atoms with van der Waals surface area (Å²) in [5, 5.41) is 13.2. The second kappa shape index (κ2) is 5.63. The molecule has 0 aliphatic heterocycles. The van der Waals surface area contributed by atoms with Gasteiger partial charge in [-0.15, -0.1) is 0 Å². The molecule has 0 aliphatic carbocycles. The minimum atomic E-state index is 0.556. The molecule has 0 saturated carbocycles. The topological polar surface area (TPSA) is 85.2 Å². The molecule has 0 amide bonds. The summed E-state index contributed by atoms with van der Waals surface area (Å²) in [5.41, 5.74) is 6.23. The first kappa shape index (κ1) is 15.7. The van der Waals surface area contributed by atoms with Crippen LogP contribution in [0.5, 0.6) is 0 Å². The van der Waals surface area contributed by atoms with Gasteiger partial charge in [-0.25, -0.2) is 4.98 Å². The highest BCUT2D eigenvalue weighted by Gasteiger charge is 2.19. The fourth-order valence-electron chi connectivity index (χ4n) is 2.78. The zero-order chi connectivity index (χ0) is 17.7. The van der Waals surface area contributed by atoms with Gasteiger partial charge in [0.1, 0.15) is 5.69 Å². The third-order valence-electron chi connectivity index (χ3n) is 4.26. The van der Waals surface area contributed by atoms with Crippen molar-refractivity contribution in [2.45, 2.75) is 20.8 Å². The third kappa shape index (κ3) is 2.47. The smallest absolute Gasteiger partial charge is 0.182 e. The van der Waals surface area contributed by atoms with Gasteiger partial charge in [0, 0.05) is 24.5 Å². The van der Waals surface area contributed by atoms with Crippen molar-refractivity contribution in [1.82, 2.24) is 34.9 Å². The molecule has 4 heterocycles. The lowest BCUT2D eigenvalue weighted by Crippen LogP contribution is -1.93. The molecule has 0 radical (unpaired) electrons. The van der Waals surface area contributed by atoms with Gasteiger partial charge in [0.25, 0.3) is 0 Å². The molecule has 25 heavy (non-hydrogen) atoms. The van der Waals surface area contributed by atoms with Gasteiger partial charge >= 0.3 is 0 Å². The molecule has 0 aliphatic rings. The predicted octanol–water partition coefficient (Wildman–Crippen LogP) is 3.39. The SMILES string of the molecule is Cc1cnc(-c2cc(-c3n[nH]c(C)c3Cl)nc3nn(C)c(C)c23)cn1. The maximum Gasteiger partial charge on any atom is 0.182 e. The molecule has 7 nitrogen and oxygen atoms in total. The van der Waals surface area contributed by atoms with E-state index in [2.05, 4.69) is 30.2 Å². The van der Waals surface area contributed by atoms with Crippen LogP contribution in [0.1, 0.15) is 17.1 Å². The number of hydrogen-bond donors (Lipinski definition) is 1. The predicted molar refractivity (Wildman–Crippen MR) is 96.3 cm³/mol. The lowest BCUT2D eigenvalue weighted by molar-refractivity contribution is 0.748. The number of pyridine rings is 1. The molecule has 8 heteroatoms. The highest BCUT2D eigenvalue weighted by molar-refractivity contribution is 6.33. The quantitative estimate of drug-likeness (QED) is 0.597. The number of H-pyrrole nitrogens is 1. The Kier molecular flexibility index (Phi) is 3.54. The van der Waals surface area contributed by atoms with Crippen molar-refractivity contribution in [2.24, 2.45) is 7.05 Å². The monoisotopic (exact) mass is 353 g/mol.